The Bertz CT molecular complexity index is 1530. The standard InChI is InChI=1S/C29H26FN5O3S/c1-29(2)26(36)35(22-10-6-18(15-31)24(14-22)17-3-4-17)28(38)34(29)16-19-5-7-20(30)13-25(19)33-27(37)32-21-8-11-23(39)12-9-21/h5-14,17,39H,3-4,16H2,1-2H3,(H2,32,33,37). The highest BCUT2D eigenvalue weighted by molar-refractivity contribution is 7.80. The van der Waals surface area contributed by atoms with Crippen LogP contribution in [0.2, 0.25) is 0 Å². The monoisotopic (exact) mass is 543 g/mol. The number of nitriles is 1. The number of carbonyl (C=O) groups is 3. The average molecular weight is 544 g/mol. The van der Waals surface area contributed by atoms with E-state index in [1.165, 1.54) is 23.1 Å². The number of anilines is 3. The molecule has 0 spiro atoms. The molecule has 5 rings (SSSR count). The van der Waals surface area contributed by atoms with E-state index in [0.717, 1.165) is 28.2 Å². The summed E-state index contributed by atoms with van der Waals surface area (Å²) >= 11 is 4.22. The van der Waals surface area contributed by atoms with E-state index >= 15 is 0 Å². The second kappa shape index (κ2) is 10.1. The number of benzene rings is 3. The number of hydrogen-bond acceptors (Lipinski definition) is 5. The molecule has 1 heterocycles. The predicted molar refractivity (Wildman–Crippen MR) is 148 cm³/mol. The number of carbonyl (C=O) groups excluding carboxylic acids is 3. The number of amides is 5. The van der Waals surface area contributed by atoms with Gasteiger partial charge in [0.2, 0.25) is 0 Å². The minimum atomic E-state index is -1.22. The molecule has 0 radical (unpaired) electrons. The van der Waals surface area contributed by atoms with E-state index in [4.69, 9.17) is 0 Å². The molecule has 10 heteroatoms. The lowest BCUT2D eigenvalue weighted by Gasteiger charge is -2.28. The van der Waals surface area contributed by atoms with Crippen LogP contribution in [0.1, 0.15) is 49.3 Å². The van der Waals surface area contributed by atoms with Gasteiger partial charge in [0.15, 0.2) is 0 Å². The van der Waals surface area contributed by atoms with Crippen LogP contribution in [0.4, 0.5) is 31.0 Å². The van der Waals surface area contributed by atoms with E-state index in [1.807, 2.05) is 0 Å². The van der Waals surface area contributed by atoms with Crippen molar-refractivity contribution >= 4 is 47.7 Å². The summed E-state index contributed by atoms with van der Waals surface area (Å²) in [6, 6.07) is 16.7. The number of nitrogens with one attached hydrogen (secondary N) is 2. The summed E-state index contributed by atoms with van der Waals surface area (Å²) < 4.78 is 14.2. The molecule has 2 N–H and O–H groups in total. The molecule has 2 aliphatic rings. The summed E-state index contributed by atoms with van der Waals surface area (Å²) in [5.74, 6) is -0.726. The largest absolute Gasteiger partial charge is 0.332 e. The van der Waals surface area contributed by atoms with Crippen molar-refractivity contribution < 1.29 is 18.8 Å². The van der Waals surface area contributed by atoms with Gasteiger partial charge in [0.1, 0.15) is 11.4 Å². The predicted octanol–water partition coefficient (Wildman–Crippen LogP) is 6.25. The Balaban J connectivity index is 1.40. The lowest BCUT2D eigenvalue weighted by Crippen LogP contribution is -2.43. The molecule has 0 bridgehead atoms. The van der Waals surface area contributed by atoms with Gasteiger partial charge in [0.05, 0.1) is 29.6 Å². The fourth-order valence-electron chi connectivity index (χ4n) is 4.65. The van der Waals surface area contributed by atoms with E-state index < -0.39 is 29.3 Å². The van der Waals surface area contributed by atoms with Crippen molar-refractivity contribution in [2.45, 2.75) is 49.6 Å². The number of nitrogens with zero attached hydrogens (tertiary/aromatic N) is 3. The number of thiol groups is 1. The van der Waals surface area contributed by atoms with Crippen LogP contribution in [0.3, 0.4) is 0 Å². The Hall–Kier alpha value is -4.36. The topological polar surface area (TPSA) is 106 Å². The van der Waals surface area contributed by atoms with Gasteiger partial charge in [0, 0.05) is 10.6 Å². The van der Waals surface area contributed by atoms with Gasteiger partial charge in [-0.25, -0.2) is 18.9 Å². The van der Waals surface area contributed by atoms with E-state index in [9.17, 15) is 24.0 Å². The van der Waals surface area contributed by atoms with Crippen molar-refractivity contribution in [3.8, 4) is 6.07 Å². The van der Waals surface area contributed by atoms with Crippen LogP contribution in [0, 0.1) is 17.1 Å². The molecule has 2 fully saturated rings. The zero-order chi connectivity index (χ0) is 27.9. The van der Waals surface area contributed by atoms with Gasteiger partial charge in [-0.2, -0.15) is 5.26 Å². The number of urea groups is 2. The molecule has 1 saturated heterocycles. The highest BCUT2D eigenvalue weighted by Crippen LogP contribution is 2.44. The summed E-state index contributed by atoms with van der Waals surface area (Å²) in [6.45, 7) is 3.24. The van der Waals surface area contributed by atoms with Gasteiger partial charge >= 0.3 is 12.1 Å². The van der Waals surface area contributed by atoms with Crippen molar-refractivity contribution in [3.05, 3.63) is 83.2 Å². The maximum Gasteiger partial charge on any atom is 0.332 e. The lowest BCUT2D eigenvalue weighted by atomic mass is 10.0. The Morgan fingerprint density at radius 2 is 1.79 bits per heavy atom. The zero-order valence-electron chi connectivity index (χ0n) is 21.4. The van der Waals surface area contributed by atoms with E-state index in [2.05, 4.69) is 29.3 Å². The molecule has 0 unspecified atom stereocenters. The second-order valence-corrected chi connectivity index (χ2v) is 10.7. The van der Waals surface area contributed by atoms with Gasteiger partial charge in [-0.05, 0) is 98.3 Å². The zero-order valence-corrected chi connectivity index (χ0v) is 22.3. The highest BCUT2D eigenvalue weighted by Gasteiger charge is 2.52. The number of rotatable bonds is 6. The highest BCUT2D eigenvalue weighted by atomic mass is 32.1. The van der Waals surface area contributed by atoms with Crippen molar-refractivity contribution in [2.75, 3.05) is 15.5 Å². The normalized spacial score (nSPS) is 16.3. The molecule has 8 nitrogen and oxygen atoms in total. The molecule has 3 aromatic carbocycles. The van der Waals surface area contributed by atoms with Crippen molar-refractivity contribution in [3.63, 3.8) is 0 Å². The first-order chi connectivity index (χ1) is 18.6. The van der Waals surface area contributed by atoms with Crippen LogP contribution in [-0.4, -0.2) is 28.4 Å². The first kappa shape index (κ1) is 26.3. The summed E-state index contributed by atoms with van der Waals surface area (Å²) in [5.41, 5.74) is 1.71. The second-order valence-electron chi connectivity index (χ2n) is 10.2. The smallest absolute Gasteiger partial charge is 0.308 e. The fraction of sp³-hybridized carbons (Fsp3) is 0.241. The Kier molecular flexibility index (Phi) is 6.78. The van der Waals surface area contributed by atoms with Crippen LogP contribution in [-0.2, 0) is 11.3 Å². The van der Waals surface area contributed by atoms with Crippen LogP contribution in [0.25, 0.3) is 0 Å². The molecule has 198 valence electrons. The molecule has 39 heavy (non-hydrogen) atoms. The number of hydrogen-bond donors (Lipinski definition) is 3. The van der Waals surface area contributed by atoms with Crippen LogP contribution in [0.15, 0.2) is 65.6 Å². The molecule has 1 saturated carbocycles. The molecule has 5 amide bonds. The fourth-order valence-corrected chi connectivity index (χ4v) is 4.80. The van der Waals surface area contributed by atoms with Gasteiger partial charge in [-0.3, -0.25) is 4.79 Å². The third kappa shape index (κ3) is 5.18. The lowest BCUT2D eigenvalue weighted by molar-refractivity contribution is -0.123. The Morgan fingerprint density at radius 3 is 2.46 bits per heavy atom. The van der Waals surface area contributed by atoms with Crippen LogP contribution < -0.4 is 15.5 Å². The minimum absolute atomic E-state index is 0.0515. The SMILES string of the molecule is CC1(C)C(=O)N(c2ccc(C#N)c(C3CC3)c2)C(=O)N1Cc1ccc(F)cc1NC(=O)Nc1ccc(S)cc1. The molecule has 1 aliphatic heterocycles. The van der Waals surface area contributed by atoms with Crippen molar-refractivity contribution in [1.82, 2.24) is 4.90 Å². The van der Waals surface area contributed by atoms with Gasteiger partial charge < -0.3 is 15.5 Å². The first-order valence-corrected chi connectivity index (χ1v) is 12.9. The minimum Gasteiger partial charge on any atom is -0.308 e. The summed E-state index contributed by atoms with van der Waals surface area (Å²) in [5, 5.41) is 14.8. The summed E-state index contributed by atoms with van der Waals surface area (Å²) in [7, 11) is 0. The third-order valence-electron chi connectivity index (χ3n) is 7.03. The molecule has 1 aliphatic carbocycles. The molecule has 3 aromatic rings. The molecule has 0 atom stereocenters. The van der Waals surface area contributed by atoms with Crippen molar-refractivity contribution in [1.29, 1.82) is 5.26 Å². The van der Waals surface area contributed by atoms with Crippen LogP contribution >= 0.6 is 12.6 Å². The Morgan fingerprint density at radius 1 is 1.08 bits per heavy atom. The molecular formula is C29H26FN5O3S. The average Bonchev–Trinajstić information content (AvgIpc) is 3.72. The summed E-state index contributed by atoms with van der Waals surface area (Å²) in [4.78, 5) is 43.0. The molecule has 0 aromatic heterocycles. The van der Waals surface area contributed by atoms with E-state index in [1.54, 1.807) is 56.3 Å². The van der Waals surface area contributed by atoms with Gasteiger partial charge in [-0.1, -0.05) is 6.07 Å². The van der Waals surface area contributed by atoms with Crippen molar-refractivity contribution in [2.24, 2.45) is 0 Å². The molecular weight excluding hydrogens is 517 g/mol. The summed E-state index contributed by atoms with van der Waals surface area (Å²) in [6.07, 6.45) is 1.93. The van der Waals surface area contributed by atoms with E-state index in [-0.39, 0.29) is 18.2 Å². The van der Waals surface area contributed by atoms with Crippen LogP contribution in [0.5, 0.6) is 0 Å². The first-order valence-electron chi connectivity index (χ1n) is 12.4. The number of imide groups is 1. The number of halogens is 1. The Labute approximate surface area is 230 Å². The van der Waals surface area contributed by atoms with Gasteiger partial charge in [0.25, 0.3) is 5.91 Å². The maximum atomic E-state index is 14.2. The van der Waals surface area contributed by atoms with E-state index in [0.29, 0.717) is 22.5 Å². The maximum absolute atomic E-state index is 14.2. The third-order valence-corrected chi connectivity index (χ3v) is 7.33. The van der Waals surface area contributed by atoms with Gasteiger partial charge in [-0.15, -0.1) is 12.6 Å². The quantitative estimate of drug-likeness (QED) is 0.252.